The van der Waals surface area contributed by atoms with Crippen LogP contribution in [0.15, 0.2) is 64.2 Å². The second-order valence-electron chi connectivity index (χ2n) is 6.71. The Morgan fingerprint density at radius 3 is 2.32 bits per heavy atom. The lowest BCUT2D eigenvalue weighted by Crippen LogP contribution is -2.39. The minimum Gasteiger partial charge on any atom is -0.425 e. The highest BCUT2D eigenvalue weighted by Crippen LogP contribution is 2.25. The quantitative estimate of drug-likeness (QED) is 0.549. The fourth-order valence-electron chi connectivity index (χ4n) is 3.19. The van der Waals surface area contributed by atoms with Gasteiger partial charge in [-0.2, -0.15) is 4.98 Å². The Bertz CT molecular complexity index is 1280. The normalized spacial score (nSPS) is 11.1. The number of rotatable bonds is 4. The van der Waals surface area contributed by atoms with Crippen molar-refractivity contribution in [3.8, 4) is 11.8 Å². The number of aryl methyl sites for hydroxylation is 3. The number of fused-ring (bicyclic) bond motifs is 1. The number of hydrogen-bond donors (Lipinski definition) is 0. The van der Waals surface area contributed by atoms with Crippen LogP contribution in [0.25, 0.3) is 11.2 Å². The van der Waals surface area contributed by atoms with Crippen molar-refractivity contribution < 1.29 is 4.74 Å². The van der Waals surface area contributed by atoms with Crippen molar-refractivity contribution in [2.24, 2.45) is 14.1 Å². The van der Waals surface area contributed by atoms with Crippen LogP contribution in [0.5, 0.6) is 11.8 Å². The lowest BCUT2D eigenvalue weighted by molar-refractivity contribution is 0.424. The zero-order valence-electron chi connectivity index (χ0n) is 15.9. The Labute approximate surface area is 161 Å². The summed E-state index contributed by atoms with van der Waals surface area (Å²) in [5.41, 5.74) is 1.63. The van der Waals surface area contributed by atoms with Gasteiger partial charge in [0.1, 0.15) is 5.75 Å². The zero-order valence-corrected chi connectivity index (χ0v) is 15.9. The molecule has 0 unspecified atom stereocenters. The lowest BCUT2D eigenvalue weighted by Gasteiger charge is -2.09. The van der Waals surface area contributed by atoms with Gasteiger partial charge in [0.25, 0.3) is 5.56 Å². The van der Waals surface area contributed by atoms with Crippen LogP contribution >= 0.6 is 0 Å². The molecule has 0 radical (unpaired) electrons. The average Bonchev–Trinajstić information content (AvgIpc) is 3.03. The van der Waals surface area contributed by atoms with E-state index in [0.717, 1.165) is 11.1 Å². The molecule has 7 nitrogen and oxygen atoms in total. The van der Waals surface area contributed by atoms with Crippen LogP contribution < -0.4 is 16.0 Å². The number of benzene rings is 2. The van der Waals surface area contributed by atoms with Crippen molar-refractivity contribution in [2.45, 2.75) is 13.5 Å². The summed E-state index contributed by atoms with van der Waals surface area (Å²) in [6, 6.07) is 17.2. The topological polar surface area (TPSA) is 71.1 Å². The van der Waals surface area contributed by atoms with Gasteiger partial charge in [0.05, 0.1) is 6.54 Å². The Balaban J connectivity index is 1.87. The predicted octanol–water partition coefficient (Wildman–Crippen LogP) is 2.58. The first-order chi connectivity index (χ1) is 13.5. The molecule has 142 valence electrons. The second kappa shape index (κ2) is 6.84. The van der Waals surface area contributed by atoms with Gasteiger partial charge in [-0.3, -0.25) is 18.5 Å². The summed E-state index contributed by atoms with van der Waals surface area (Å²) in [7, 11) is 3.32. The number of ether oxygens (including phenoxy) is 1. The molecule has 0 aliphatic rings. The minimum atomic E-state index is -0.415. The summed E-state index contributed by atoms with van der Waals surface area (Å²) in [5, 5.41) is 0. The number of aromatic nitrogens is 4. The molecule has 7 heteroatoms. The standard InChI is InChI=1S/C21H20N4O3/c1-14-9-7-8-12-16(14)28-20-22-18-17(23(20)2)19(26)25(21(27)24(18)3)13-15-10-5-4-6-11-15/h4-12H,13H2,1-3H3. The average molecular weight is 376 g/mol. The maximum atomic E-state index is 13.1. The number of nitrogens with zero attached hydrogens (tertiary/aromatic N) is 4. The highest BCUT2D eigenvalue weighted by molar-refractivity contribution is 5.72. The Morgan fingerprint density at radius 1 is 0.929 bits per heavy atom. The fraction of sp³-hybridized carbons (Fsp3) is 0.190. The van der Waals surface area contributed by atoms with Crippen LogP contribution in [0.2, 0.25) is 0 Å². The van der Waals surface area contributed by atoms with Crippen molar-refractivity contribution >= 4 is 11.2 Å². The van der Waals surface area contributed by atoms with Crippen LogP contribution in [-0.2, 0) is 20.6 Å². The van der Waals surface area contributed by atoms with Crippen molar-refractivity contribution in [2.75, 3.05) is 0 Å². The first-order valence-corrected chi connectivity index (χ1v) is 8.91. The third-order valence-electron chi connectivity index (χ3n) is 4.80. The van der Waals surface area contributed by atoms with Gasteiger partial charge < -0.3 is 4.74 Å². The molecule has 2 aromatic carbocycles. The van der Waals surface area contributed by atoms with Gasteiger partial charge in [0, 0.05) is 14.1 Å². The van der Waals surface area contributed by atoms with Gasteiger partial charge >= 0.3 is 11.7 Å². The van der Waals surface area contributed by atoms with Gasteiger partial charge in [-0.05, 0) is 24.1 Å². The molecule has 0 spiro atoms. The first-order valence-electron chi connectivity index (χ1n) is 8.91. The lowest BCUT2D eigenvalue weighted by atomic mass is 10.2. The molecule has 0 saturated carbocycles. The molecule has 0 amide bonds. The summed E-state index contributed by atoms with van der Waals surface area (Å²) in [6.45, 7) is 2.13. The molecule has 2 heterocycles. The molecule has 0 fully saturated rings. The molecule has 0 aliphatic carbocycles. The van der Waals surface area contributed by atoms with E-state index in [-0.39, 0.29) is 12.6 Å². The number of imidazole rings is 1. The van der Waals surface area contributed by atoms with E-state index in [1.165, 1.54) is 9.13 Å². The molecule has 2 aromatic heterocycles. The molecule has 4 aromatic rings. The van der Waals surface area contributed by atoms with E-state index in [4.69, 9.17) is 4.74 Å². The number of para-hydroxylation sites is 1. The van der Waals surface area contributed by atoms with Crippen LogP contribution in [-0.4, -0.2) is 18.7 Å². The fourth-order valence-corrected chi connectivity index (χ4v) is 3.19. The van der Waals surface area contributed by atoms with Gasteiger partial charge in [-0.1, -0.05) is 48.5 Å². The van der Waals surface area contributed by atoms with E-state index < -0.39 is 11.2 Å². The van der Waals surface area contributed by atoms with Crippen LogP contribution in [0.3, 0.4) is 0 Å². The SMILES string of the molecule is Cc1ccccc1Oc1nc2c(c(=O)n(Cc3ccccc3)c(=O)n2C)n1C. The summed E-state index contributed by atoms with van der Waals surface area (Å²) >= 11 is 0. The van der Waals surface area contributed by atoms with E-state index in [1.54, 1.807) is 18.7 Å². The molecule has 0 saturated heterocycles. The third kappa shape index (κ3) is 2.90. The molecular weight excluding hydrogens is 356 g/mol. The molecular formula is C21H20N4O3. The Kier molecular flexibility index (Phi) is 4.35. The minimum absolute atomic E-state index is 0.196. The van der Waals surface area contributed by atoms with Crippen molar-refractivity contribution in [1.29, 1.82) is 0 Å². The van der Waals surface area contributed by atoms with Crippen LogP contribution in [0, 0.1) is 6.92 Å². The Morgan fingerprint density at radius 2 is 1.61 bits per heavy atom. The van der Waals surface area contributed by atoms with E-state index in [1.807, 2.05) is 61.5 Å². The molecule has 0 bridgehead atoms. The summed E-state index contributed by atoms with van der Waals surface area (Å²) in [5.74, 6) is 0.649. The second-order valence-corrected chi connectivity index (χ2v) is 6.71. The molecule has 0 N–H and O–H groups in total. The van der Waals surface area contributed by atoms with Gasteiger partial charge in [0.2, 0.25) is 0 Å². The molecule has 28 heavy (non-hydrogen) atoms. The van der Waals surface area contributed by atoms with E-state index in [2.05, 4.69) is 4.98 Å². The first kappa shape index (κ1) is 17.8. The molecule has 0 aliphatic heterocycles. The summed E-state index contributed by atoms with van der Waals surface area (Å²) < 4.78 is 10.1. The van der Waals surface area contributed by atoms with Crippen molar-refractivity contribution in [1.82, 2.24) is 18.7 Å². The van der Waals surface area contributed by atoms with E-state index in [0.29, 0.717) is 16.9 Å². The predicted molar refractivity (Wildman–Crippen MR) is 107 cm³/mol. The molecule has 4 rings (SSSR count). The van der Waals surface area contributed by atoms with Gasteiger partial charge in [-0.25, -0.2) is 4.79 Å². The van der Waals surface area contributed by atoms with Crippen LogP contribution in [0.4, 0.5) is 0 Å². The maximum Gasteiger partial charge on any atom is 0.332 e. The van der Waals surface area contributed by atoms with Gasteiger partial charge in [0.15, 0.2) is 11.2 Å². The zero-order chi connectivity index (χ0) is 19.8. The van der Waals surface area contributed by atoms with Crippen LogP contribution in [0.1, 0.15) is 11.1 Å². The maximum absolute atomic E-state index is 13.1. The van der Waals surface area contributed by atoms with Crippen molar-refractivity contribution in [3.63, 3.8) is 0 Å². The smallest absolute Gasteiger partial charge is 0.332 e. The van der Waals surface area contributed by atoms with E-state index in [9.17, 15) is 9.59 Å². The summed E-state index contributed by atoms with van der Waals surface area (Å²) in [6.07, 6.45) is 0. The van der Waals surface area contributed by atoms with E-state index >= 15 is 0 Å². The van der Waals surface area contributed by atoms with Crippen molar-refractivity contribution in [3.05, 3.63) is 86.6 Å². The monoisotopic (exact) mass is 376 g/mol. The largest absolute Gasteiger partial charge is 0.425 e. The van der Waals surface area contributed by atoms with Gasteiger partial charge in [-0.15, -0.1) is 0 Å². The third-order valence-corrected chi connectivity index (χ3v) is 4.80. The molecule has 0 atom stereocenters. The number of hydrogen-bond acceptors (Lipinski definition) is 4. The highest BCUT2D eigenvalue weighted by Gasteiger charge is 2.20. The Hall–Kier alpha value is -3.61. The highest BCUT2D eigenvalue weighted by atomic mass is 16.5. The summed E-state index contributed by atoms with van der Waals surface area (Å²) in [4.78, 5) is 30.3.